The zero-order valence-corrected chi connectivity index (χ0v) is 16.3. The Balaban J connectivity index is 1.39. The molecule has 1 aromatic heterocycles. The standard InChI is InChI=1S/C24H26N2O2/c1-27-22-9-5-8-20(16-22)21-10-11-23(25-17-21)24-18-26(14-15-28-24)13-12-19-6-3-2-4-7-19/h2-11,16-17,24H,12-15,18H2,1H3. The fraction of sp³-hybridized carbons (Fsp3) is 0.292. The Hall–Kier alpha value is -2.69. The van der Waals surface area contributed by atoms with Gasteiger partial charge in [0.05, 0.1) is 19.4 Å². The van der Waals surface area contributed by atoms with Crippen LogP contribution in [-0.4, -0.2) is 43.2 Å². The Morgan fingerprint density at radius 3 is 2.71 bits per heavy atom. The van der Waals surface area contributed by atoms with E-state index in [1.54, 1.807) is 7.11 Å². The van der Waals surface area contributed by atoms with Gasteiger partial charge in [-0.3, -0.25) is 9.88 Å². The molecule has 0 amide bonds. The molecule has 2 aromatic carbocycles. The fourth-order valence-corrected chi connectivity index (χ4v) is 3.59. The minimum absolute atomic E-state index is 0.0314. The molecule has 144 valence electrons. The summed E-state index contributed by atoms with van der Waals surface area (Å²) < 4.78 is 11.3. The van der Waals surface area contributed by atoms with Crippen LogP contribution in [0.4, 0.5) is 0 Å². The Labute approximate surface area is 166 Å². The van der Waals surface area contributed by atoms with E-state index in [0.717, 1.165) is 55.2 Å². The number of benzene rings is 2. The first-order chi connectivity index (χ1) is 13.8. The molecule has 28 heavy (non-hydrogen) atoms. The highest BCUT2D eigenvalue weighted by Gasteiger charge is 2.22. The highest BCUT2D eigenvalue weighted by atomic mass is 16.5. The summed E-state index contributed by atoms with van der Waals surface area (Å²) in [6.07, 6.45) is 3.02. The van der Waals surface area contributed by atoms with Crippen molar-refractivity contribution in [2.24, 2.45) is 0 Å². The van der Waals surface area contributed by atoms with Gasteiger partial charge >= 0.3 is 0 Å². The maximum Gasteiger partial charge on any atom is 0.119 e. The van der Waals surface area contributed by atoms with Crippen molar-refractivity contribution in [3.05, 3.63) is 84.2 Å². The monoisotopic (exact) mass is 374 g/mol. The summed E-state index contributed by atoms with van der Waals surface area (Å²) in [7, 11) is 1.68. The van der Waals surface area contributed by atoms with Gasteiger partial charge in [-0.25, -0.2) is 0 Å². The Morgan fingerprint density at radius 1 is 1.04 bits per heavy atom. The molecule has 1 unspecified atom stereocenters. The minimum Gasteiger partial charge on any atom is -0.497 e. The number of rotatable bonds is 6. The van der Waals surface area contributed by atoms with Crippen molar-refractivity contribution >= 4 is 0 Å². The molecule has 1 aliphatic heterocycles. The summed E-state index contributed by atoms with van der Waals surface area (Å²) in [5, 5.41) is 0. The van der Waals surface area contributed by atoms with E-state index in [-0.39, 0.29) is 6.10 Å². The molecule has 1 aliphatic rings. The SMILES string of the molecule is COc1cccc(-c2ccc(C3CN(CCc4ccccc4)CCO3)nc2)c1. The third kappa shape index (κ3) is 4.58. The van der Waals surface area contributed by atoms with Gasteiger partial charge in [0.2, 0.25) is 0 Å². The van der Waals surface area contributed by atoms with Crippen LogP contribution < -0.4 is 4.74 Å². The van der Waals surface area contributed by atoms with Gasteiger partial charge in [-0.2, -0.15) is 0 Å². The van der Waals surface area contributed by atoms with Crippen molar-refractivity contribution in [2.45, 2.75) is 12.5 Å². The molecular weight excluding hydrogens is 348 g/mol. The van der Waals surface area contributed by atoms with Gasteiger partial charge < -0.3 is 9.47 Å². The molecule has 2 heterocycles. The largest absolute Gasteiger partial charge is 0.497 e. The number of hydrogen-bond acceptors (Lipinski definition) is 4. The third-order valence-electron chi connectivity index (χ3n) is 5.23. The second kappa shape index (κ2) is 9.00. The first-order valence-electron chi connectivity index (χ1n) is 9.80. The van der Waals surface area contributed by atoms with Crippen LogP contribution in [0.5, 0.6) is 5.75 Å². The number of nitrogens with zero attached hydrogens (tertiary/aromatic N) is 2. The topological polar surface area (TPSA) is 34.6 Å². The number of morpholine rings is 1. The van der Waals surface area contributed by atoms with Crippen LogP contribution in [0.1, 0.15) is 17.4 Å². The average molecular weight is 374 g/mol. The normalized spacial score (nSPS) is 17.4. The van der Waals surface area contributed by atoms with E-state index in [1.807, 2.05) is 24.4 Å². The van der Waals surface area contributed by atoms with E-state index in [0.29, 0.717) is 0 Å². The molecule has 4 heteroatoms. The van der Waals surface area contributed by atoms with E-state index in [2.05, 4.69) is 53.4 Å². The maximum absolute atomic E-state index is 6.00. The van der Waals surface area contributed by atoms with E-state index in [1.165, 1.54) is 5.56 Å². The molecule has 1 atom stereocenters. The molecule has 0 saturated carbocycles. The summed E-state index contributed by atoms with van der Waals surface area (Å²) in [6.45, 7) is 3.66. The second-order valence-electron chi connectivity index (χ2n) is 7.10. The van der Waals surface area contributed by atoms with Crippen molar-refractivity contribution in [3.63, 3.8) is 0 Å². The third-order valence-corrected chi connectivity index (χ3v) is 5.23. The molecule has 1 fully saturated rings. The van der Waals surface area contributed by atoms with E-state index in [4.69, 9.17) is 14.5 Å². The molecule has 3 aromatic rings. The Morgan fingerprint density at radius 2 is 1.93 bits per heavy atom. The zero-order chi connectivity index (χ0) is 19.2. The molecule has 0 N–H and O–H groups in total. The van der Waals surface area contributed by atoms with Crippen molar-refractivity contribution < 1.29 is 9.47 Å². The predicted molar refractivity (Wildman–Crippen MR) is 112 cm³/mol. The summed E-state index contributed by atoms with van der Waals surface area (Å²) in [5.74, 6) is 0.853. The van der Waals surface area contributed by atoms with Crippen molar-refractivity contribution in [3.8, 4) is 16.9 Å². The molecule has 0 spiro atoms. The van der Waals surface area contributed by atoms with E-state index >= 15 is 0 Å². The van der Waals surface area contributed by atoms with Crippen LogP contribution in [0.2, 0.25) is 0 Å². The van der Waals surface area contributed by atoms with E-state index in [9.17, 15) is 0 Å². The minimum atomic E-state index is 0.0314. The maximum atomic E-state index is 6.00. The predicted octanol–water partition coefficient (Wildman–Crippen LogP) is 4.37. The van der Waals surface area contributed by atoms with Gasteiger partial charge in [0.25, 0.3) is 0 Å². The van der Waals surface area contributed by atoms with Crippen molar-refractivity contribution in [1.29, 1.82) is 0 Å². The van der Waals surface area contributed by atoms with Crippen LogP contribution in [-0.2, 0) is 11.2 Å². The molecule has 4 rings (SSSR count). The van der Waals surface area contributed by atoms with Crippen LogP contribution >= 0.6 is 0 Å². The summed E-state index contributed by atoms with van der Waals surface area (Å²) in [5.41, 5.74) is 4.56. The summed E-state index contributed by atoms with van der Waals surface area (Å²) in [4.78, 5) is 7.17. The summed E-state index contributed by atoms with van der Waals surface area (Å²) in [6, 6.07) is 22.9. The van der Waals surface area contributed by atoms with Crippen LogP contribution in [0.3, 0.4) is 0 Å². The Bertz CT molecular complexity index is 881. The lowest BCUT2D eigenvalue weighted by molar-refractivity contribution is -0.0316. The lowest BCUT2D eigenvalue weighted by Crippen LogP contribution is -2.39. The van der Waals surface area contributed by atoms with Gasteiger partial charge in [0.15, 0.2) is 0 Å². The number of aromatic nitrogens is 1. The second-order valence-corrected chi connectivity index (χ2v) is 7.10. The Kier molecular flexibility index (Phi) is 6.00. The number of methoxy groups -OCH3 is 1. The van der Waals surface area contributed by atoms with E-state index < -0.39 is 0 Å². The molecule has 0 aliphatic carbocycles. The van der Waals surface area contributed by atoms with Crippen molar-refractivity contribution in [2.75, 3.05) is 33.4 Å². The quantitative estimate of drug-likeness (QED) is 0.642. The number of ether oxygens (including phenoxy) is 2. The average Bonchev–Trinajstić information content (AvgIpc) is 2.79. The van der Waals surface area contributed by atoms with Crippen molar-refractivity contribution in [1.82, 2.24) is 9.88 Å². The molecule has 0 radical (unpaired) electrons. The molecular formula is C24H26N2O2. The fourth-order valence-electron chi connectivity index (χ4n) is 3.59. The summed E-state index contributed by atoms with van der Waals surface area (Å²) >= 11 is 0. The first-order valence-corrected chi connectivity index (χ1v) is 9.80. The van der Waals surface area contributed by atoms with Gasteiger partial charge in [0, 0.05) is 31.4 Å². The zero-order valence-electron chi connectivity index (χ0n) is 16.3. The van der Waals surface area contributed by atoms with Gasteiger partial charge in [-0.05, 0) is 35.7 Å². The molecule has 0 bridgehead atoms. The van der Waals surface area contributed by atoms with Crippen LogP contribution in [0.25, 0.3) is 11.1 Å². The van der Waals surface area contributed by atoms with Crippen LogP contribution in [0, 0.1) is 0 Å². The lowest BCUT2D eigenvalue weighted by atomic mass is 10.1. The molecule has 4 nitrogen and oxygen atoms in total. The molecule has 1 saturated heterocycles. The van der Waals surface area contributed by atoms with Gasteiger partial charge in [-0.1, -0.05) is 48.5 Å². The number of hydrogen-bond donors (Lipinski definition) is 0. The van der Waals surface area contributed by atoms with Gasteiger partial charge in [0.1, 0.15) is 11.9 Å². The smallest absolute Gasteiger partial charge is 0.119 e. The highest BCUT2D eigenvalue weighted by Crippen LogP contribution is 2.26. The first kappa shape index (κ1) is 18.7. The highest BCUT2D eigenvalue weighted by molar-refractivity contribution is 5.64. The van der Waals surface area contributed by atoms with Crippen LogP contribution in [0.15, 0.2) is 72.9 Å². The van der Waals surface area contributed by atoms with Gasteiger partial charge in [-0.15, -0.1) is 0 Å². The lowest BCUT2D eigenvalue weighted by Gasteiger charge is -2.32. The number of pyridine rings is 1.